The minimum Gasteiger partial charge on any atom is -0.488 e. The van der Waals surface area contributed by atoms with E-state index in [0.717, 1.165) is 16.7 Å². The molecule has 0 fully saturated rings. The number of methoxy groups -OCH3 is 1. The zero-order valence-electron chi connectivity index (χ0n) is 54.5. The van der Waals surface area contributed by atoms with Crippen molar-refractivity contribution in [3.63, 3.8) is 0 Å². The maximum absolute atomic E-state index is 15.3. The fraction of sp³-hybridized carbons (Fsp3) is 0.408. The number of hydrogen-bond donors (Lipinski definition) is 6. The Labute approximate surface area is 533 Å². The lowest BCUT2D eigenvalue weighted by Crippen LogP contribution is -2.60. The second-order valence-electron chi connectivity index (χ2n) is 26.2. The summed E-state index contributed by atoms with van der Waals surface area (Å²) >= 11 is 0. The molecule has 484 valence electrons. The van der Waals surface area contributed by atoms with Crippen LogP contribution in [-0.2, 0) is 67.8 Å². The largest absolute Gasteiger partial charge is 0.488 e. The van der Waals surface area contributed by atoms with E-state index in [1.165, 1.54) is 18.6 Å². The number of amides is 5. The van der Waals surface area contributed by atoms with Crippen LogP contribution >= 0.6 is 0 Å². The van der Waals surface area contributed by atoms with Gasteiger partial charge in [0.2, 0.25) is 29.5 Å². The maximum Gasteiger partial charge on any atom is 0.419 e. The number of hydrogen-bond acceptors (Lipinski definition) is 13. The standard InChI is InChI=1S/C71H89N9O11/c1-45(2)37-58(66(86)88-13)77-61(81)46(3)74-63(83)56(38-47-33-35-53(36-34-47)90-69(7,8)9)76-65(85)59(43-89-68(4,5)6)78-64(84)57(39-48-41-80(67(87)91-70(10,11)12)60-32-24-23-31-54(48)60)75-62(82)55(72)40-52-42-79(44-73-52)71(49-25-17-14-18-26-49,50-27-19-15-20-28-50)51-29-21-16-22-30-51/h14-36,41-42,44-46,55-59H,37-40,43,72H2,1-13H3,(H,74,83)(H,75,82)(H,76,85)(H,77,81)(H,78,84)/t46-,55+,56+,57+,58+,59+/m1/s1. The second kappa shape index (κ2) is 30.1. The molecule has 2 heterocycles. The number of nitrogens with two attached hydrogens (primary N) is 1. The molecule has 7 N–H and O–H groups in total. The third-order valence-electron chi connectivity index (χ3n) is 14.8. The van der Waals surface area contributed by atoms with Gasteiger partial charge in [0, 0.05) is 37.0 Å². The summed E-state index contributed by atoms with van der Waals surface area (Å²) in [6.45, 7) is 21.1. The third-order valence-corrected chi connectivity index (χ3v) is 14.8. The average molecular weight is 1240 g/mol. The minimum absolute atomic E-state index is 0.00974. The molecule has 6 atom stereocenters. The zero-order valence-corrected chi connectivity index (χ0v) is 54.5. The van der Waals surface area contributed by atoms with Crippen molar-refractivity contribution >= 4 is 52.5 Å². The molecular weight excluding hydrogens is 1150 g/mol. The van der Waals surface area contributed by atoms with Gasteiger partial charge in [-0.1, -0.05) is 135 Å². The molecule has 0 saturated carbocycles. The molecule has 5 aromatic carbocycles. The smallest absolute Gasteiger partial charge is 0.419 e. The van der Waals surface area contributed by atoms with Crippen molar-refractivity contribution in [1.82, 2.24) is 40.7 Å². The number of fused-ring (bicyclic) bond motifs is 1. The highest BCUT2D eigenvalue weighted by Gasteiger charge is 2.40. The van der Waals surface area contributed by atoms with Gasteiger partial charge < -0.3 is 55.8 Å². The zero-order chi connectivity index (χ0) is 66.4. The van der Waals surface area contributed by atoms with Crippen LogP contribution < -0.4 is 37.1 Å². The Kier molecular flexibility index (Phi) is 22.9. The van der Waals surface area contributed by atoms with Crippen LogP contribution in [0.3, 0.4) is 0 Å². The molecule has 91 heavy (non-hydrogen) atoms. The van der Waals surface area contributed by atoms with E-state index in [0.29, 0.717) is 33.5 Å². The van der Waals surface area contributed by atoms with Gasteiger partial charge >= 0.3 is 12.1 Å². The number of para-hydroxylation sites is 1. The van der Waals surface area contributed by atoms with E-state index >= 15 is 9.59 Å². The summed E-state index contributed by atoms with van der Waals surface area (Å²) < 4.78 is 26.3. The van der Waals surface area contributed by atoms with E-state index in [9.17, 15) is 24.0 Å². The first-order valence-electron chi connectivity index (χ1n) is 30.7. The van der Waals surface area contributed by atoms with Gasteiger partial charge in [-0.25, -0.2) is 14.6 Å². The SMILES string of the molecule is COC(=O)[C@H](CC(C)C)NC(=O)[C@@H](C)NC(=O)[C@H](Cc1ccc(OC(C)(C)C)cc1)NC(=O)[C@H](COC(C)(C)C)NC(=O)[C@H](Cc1cn(C(=O)OC(C)(C)C)c2ccccc12)NC(=O)[C@@H](N)Cc1cn(C(c2ccccc2)(c2ccccc2)c2ccccc2)cn1. The monoisotopic (exact) mass is 1240 g/mol. The summed E-state index contributed by atoms with van der Waals surface area (Å²) in [5.41, 5.74) is 8.62. The van der Waals surface area contributed by atoms with Crippen molar-refractivity contribution < 1.29 is 52.5 Å². The van der Waals surface area contributed by atoms with Crippen LogP contribution in [0.25, 0.3) is 10.9 Å². The van der Waals surface area contributed by atoms with Gasteiger partial charge in [-0.05, 0) is 128 Å². The Morgan fingerprint density at radius 3 is 1.58 bits per heavy atom. The van der Waals surface area contributed by atoms with Crippen molar-refractivity contribution in [2.24, 2.45) is 11.7 Å². The summed E-state index contributed by atoms with van der Waals surface area (Å²) in [7, 11) is 1.22. The highest BCUT2D eigenvalue weighted by molar-refractivity contribution is 5.98. The summed E-state index contributed by atoms with van der Waals surface area (Å²) in [6.07, 6.45) is 4.36. The van der Waals surface area contributed by atoms with Gasteiger partial charge in [0.25, 0.3) is 0 Å². The van der Waals surface area contributed by atoms with Gasteiger partial charge in [0.15, 0.2) is 0 Å². The highest BCUT2D eigenvalue weighted by Crippen LogP contribution is 2.41. The van der Waals surface area contributed by atoms with Crippen LogP contribution in [0.5, 0.6) is 5.75 Å². The summed E-state index contributed by atoms with van der Waals surface area (Å²) in [5.74, 6) is -3.92. The first-order valence-corrected chi connectivity index (χ1v) is 30.7. The lowest BCUT2D eigenvalue weighted by Gasteiger charge is -2.37. The number of nitrogens with zero attached hydrogens (tertiary/aromatic N) is 3. The van der Waals surface area contributed by atoms with Gasteiger partial charge in [0.1, 0.15) is 52.7 Å². The molecule has 0 aliphatic carbocycles. The lowest BCUT2D eigenvalue weighted by atomic mass is 9.77. The Morgan fingerprint density at radius 1 is 0.538 bits per heavy atom. The molecule has 0 saturated heterocycles. The van der Waals surface area contributed by atoms with Crippen molar-refractivity contribution in [3.05, 3.63) is 192 Å². The quantitative estimate of drug-likeness (QED) is 0.0220. The fourth-order valence-corrected chi connectivity index (χ4v) is 10.6. The first kappa shape index (κ1) is 69.3. The minimum atomic E-state index is -1.51. The van der Waals surface area contributed by atoms with Crippen LogP contribution in [0.1, 0.15) is 123 Å². The number of rotatable bonds is 26. The molecule has 7 rings (SSSR count). The molecule has 20 nitrogen and oxygen atoms in total. The molecule has 2 aromatic heterocycles. The maximum atomic E-state index is 15.3. The predicted octanol–water partition coefficient (Wildman–Crippen LogP) is 8.47. The van der Waals surface area contributed by atoms with Gasteiger partial charge in [-0.3, -0.25) is 28.5 Å². The number of nitrogens with one attached hydrogen (secondary N) is 5. The Morgan fingerprint density at radius 2 is 1.04 bits per heavy atom. The van der Waals surface area contributed by atoms with Gasteiger partial charge in [-0.2, -0.15) is 0 Å². The number of aromatic nitrogens is 3. The summed E-state index contributed by atoms with van der Waals surface area (Å²) in [4.78, 5) is 105. The fourth-order valence-electron chi connectivity index (χ4n) is 10.6. The van der Waals surface area contributed by atoms with Crippen molar-refractivity contribution in [1.29, 1.82) is 0 Å². The second-order valence-corrected chi connectivity index (χ2v) is 26.2. The number of esters is 1. The Hall–Kier alpha value is -9.14. The predicted molar refractivity (Wildman–Crippen MR) is 349 cm³/mol. The number of ether oxygens (including phenoxy) is 4. The van der Waals surface area contributed by atoms with Crippen molar-refractivity contribution in [2.45, 2.75) is 167 Å². The number of carbonyl (C=O) groups excluding carboxylic acids is 7. The van der Waals surface area contributed by atoms with E-state index in [4.69, 9.17) is 29.7 Å². The third kappa shape index (κ3) is 19.0. The summed E-state index contributed by atoms with van der Waals surface area (Å²) in [5, 5.41) is 14.5. The topological polar surface area (TPSA) is 265 Å². The Bertz CT molecular complexity index is 3510. The van der Waals surface area contributed by atoms with Crippen LogP contribution in [0.15, 0.2) is 158 Å². The molecule has 0 aliphatic heterocycles. The number of imidazole rings is 1. The normalized spacial score (nSPS) is 14.0. The van der Waals surface area contributed by atoms with Crippen LogP contribution in [-0.4, -0.2) is 122 Å². The molecule has 0 aliphatic rings. The average Bonchev–Trinajstić information content (AvgIpc) is 1.73. The van der Waals surface area contributed by atoms with E-state index in [2.05, 4.69) is 63.0 Å². The molecule has 5 amide bonds. The molecule has 0 radical (unpaired) electrons. The molecule has 0 unspecified atom stereocenters. The van der Waals surface area contributed by atoms with Crippen molar-refractivity contribution in [2.75, 3.05) is 13.7 Å². The van der Waals surface area contributed by atoms with Crippen LogP contribution in [0, 0.1) is 5.92 Å². The molecule has 20 heteroatoms. The molecular formula is C71H89N9O11. The molecule has 7 aromatic rings. The summed E-state index contributed by atoms with van der Waals surface area (Å²) in [6, 6.07) is 36.3. The number of carbonyl (C=O) groups is 7. The van der Waals surface area contributed by atoms with E-state index in [1.807, 2.05) is 100.0 Å². The van der Waals surface area contributed by atoms with E-state index < -0.39 is 107 Å². The van der Waals surface area contributed by atoms with Crippen molar-refractivity contribution in [3.8, 4) is 5.75 Å². The van der Waals surface area contributed by atoms with Gasteiger partial charge in [-0.15, -0.1) is 0 Å². The molecule has 0 spiro atoms. The van der Waals surface area contributed by atoms with Gasteiger partial charge in [0.05, 0.1) is 42.9 Å². The molecule has 0 bridgehead atoms. The van der Waals surface area contributed by atoms with Crippen LogP contribution in [0.2, 0.25) is 0 Å². The Balaban J connectivity index is 1.22. The highest BCUT2D eigenvalue weighted by atomic mass is 16.6. The van der Waals surface area contributed by atoms with E-state index in [-0.39, 0.29) is 31.6 Å². The first-order chi connectivity index (χ1) is 42.9. The van der Waals surface area contributed by atoms with E-state index in [1.54, 1.807) is 103 Å². The lowest BCUT2D eigenvalue weighted by molar-refractivity contribution is -0.145. The van der Waals surface area contributed by atoms with Crippen LogP contribution in [0.4, 0.5) is 4.79 Å². The number of benzene rings is 5.